The van der Waals surface area contributed by atoms with Crippen molar-refractivity contribution in [3.63, 3.8) is 0 Å². The van der Waals surface area contributed by atoms with Crippen molar-refractivity contribution in [2.24, 2.45) is 0 Å². The number of piperazine rings is 1. The monoisotopic (exact) mass is 503 g/mol. The van der Waals surface area contributed by atoms with Crippen molar-refractivity contribution >= 4 is 38.9 Å². The van der Waals surface area contributed by atoms with E-state index >= 15 is 0 Å². The second kappa shape index (κ2) is 10.0. The van der Waals surface area contributed by atoms with Gasteiger partial charge < -0.3 is 4.90 Å². The lowest BCUT2D eigenvalue weighted by atomic mass is 9.93. The Bertz CT molecular complexity index is 1200. The molecule has 2 atom stereocenters. The van der Waals surface area contributed by atoms with E-state index < -0.39 is 10.0 Å². The summed E-state index contributed by atoms with van der Waals surface area (Å²) in [5.74, 6) is 0. The predicted molar refractivity (Wildman–Crippen MR) is 136 cm³/mol. The molecule has 1 heterocycles. The Kier molecular flexibility index (Phi) is 7.31. The molecule has 8 heteroatoms. The summed E-state index contributed by atoms with van der Waals surface area (Å²) in [7, 11) is -1.61. The minimum absolute atomic E-state index is 0.125. The molecule has 0 bridgehead atoms. The first-order valence-electron chi connectivity index (χ1n) is 10.8. The van der Waals surface area contributed by atoms with Crippen molar-refractivity contribution in [1.82, 2.24) is 9.62 Å². The molecular weight excluding hydrogens is 477 g/mol. The molecule has 3 aromatic rings. The standard InChI is InChI=1S/C25H27Cl2N3O2S/c1-18-8-13-23(22(27)16-18)30-15-14-29(2)24(25(30)19-9-11-20(26)12-10-19)17-28-33(31,32)21-6-4-3-5-7-21/h3-13,16,24-25,28H,14-15,17H2,1-2H3/t24-,25+/m1/s1. The topological polar surface area (TPSA) is 52.6 Å². The number of hydrogen-bond donors (Lipinski definition) is 1. The van der Waals surface area contributed by atoms with Gasteiger partial charge in [0.1, 0.15) is 0 Å². The third kappa shape index (κ3) is 5.36. The number of nitrogens with one attached hydrogen (secondary N) is 1. The summed E-state index contributed by atoms with van der Waals surface area (Å²) in [5.41, 5.74) is 3.07. The Hall–Kier alpha value is -2.09. The van der Waals surface area contributed by atoms with Crippen LogP contribution in [0.1, 0.15) is 17.2 Å². The summed E-state index contributed by atoms with van der Waals surface area (Å²) < 4.78 is 28.7. The van der Waals surface area contributed by atoms with Gasteiger partial charge in [0, 0.05) is 30.7 Å². The quantitative estimate of drug-likeness (QED) is 0.505. The first-order valence-corrected chi connectivity index (χ1v) is 13.0. The largest absolute Gasteiger partial charge is 0.360 e. The van der Waals surface area contributed by atoms with Crippen LogP contribution in [0.5, 0.6) is 0 Å². The van der Waals surface area contributed by atoms with Crippen molar-refractivity contribution < 1.29 is 8.42 Å². The Balaban J connectivity index is 1.70. The molecule has 1 fully saturated rings. The van der Waals surface area contributed by atoms with Crippen LogP contribution in [0.3, 0.4) is 0 Å². The number of halogens is 2. The van der Waals surface area contributed by atoms with Crippen LogP contribution in [0.4, 0.5) is 5.69 Å². The minimum Gasteiger partial charge on any atom is -0.360 e. The van der Waals surface area contributed by atoms with Gasteiger partial charge in [-0.1, -0.05) is 59.6 Å². The molecule has 5 nitrogen and oxygen atoms in total. The van der Waals surface area contributed by atoms with Crippen LogP contribution < -0.4 is 9.62 Å². The van der Waals surface area contributed by atoms with Crippen molar-refractivity contribution in [2.45, 2.75) is 23.9 Å². The summed E-state index contributed by atoms with van der Waals surface area (Å²) in [6, 6.07) is 22.0. The number of nitrogens with zero attached hydrogens (tertiary/aromatic N) is 2. The van der Waals surface area contributed by atoms with Crippen LogP contribution in [0.25, 0.3) is 0 Å². The SMILES string of the molecule is Cc1ccc(N2CCN(C)[C@H](CNS(=O)(=O)c3ccccc3)[C@@H]2c2ccc(Cl)cc2)c(Cl)c1. The van der Waals surface area contributed by atoms with Crippen molar-refractivity contribution in [1.29, 1.82) is 0 Å². The van der Waals surface area contributed by atoms with Gasteiger partial charge in [0.25, 0.3) is 0 Å². The highest BCUT2D eigenvalue weighted by Gasteiger charge is 2.37. The van der Waals surface area contributed by atoms with Crippen LogP contribution in [0, 0.1) is 6.92 Å². The maximum Gasteiger partial charge on any atom is 0.240 e. The summed E-state index contributed by atoms with van der Waals surface area (Å²) >= 11 is 12.8. The van der Waals surface area contributed by atoms with E-state index in [0.717, 1.165) is 29.9 Å². The van der Waals surface area contributed by atoms with Gasteiger partial charge in [0.2, 0.25) is 10.0 Å². The average molecular weight is 504 g/mol. The Morgan fingerprint density at radius 2 is 1.67 bits per heavy atom. The zero-order chi connectivity index (χ0) is 23.6. The predicted octanol–water partition coefficient (Wildman–Crippen LogP) is 5.14. The van der Waals surface area contributed by atoms with Gasteiger partial charge in [-0.3, -0.25) is 4.90 Å². The zero-order valence-corrected chi connectivity index (χ0v) is 20.9. The normalized spacial score (nSPS) is 19.6. The number of hydrogen-bond acceptors (Lipinski definition) is 4. The molecule has 0 aliphatic carbocycles. The van der Waals surface area contributed by atoms with Crippen LogP contribution in [0.15, 0.2) is 77.7 Å². The molecule has 0 unspecified atom stereocenters. The van der Waals surface area contributed by atoms with E-state index in [-0.39, 0.29) is 23.5 Å². The Morgan fingerprint density at radius 3 is 2.33 bits per heavy atom. The minimum atomic E-state index is -3.63. The van der Waals surface area contributed by atoms with Gasteiger partial charge in [-0.25, -0.2) is 13.1 Å². The molecule has 3 aromatic carbocycles. The van der Waals surface area contributed by atoms with E-state index in [1.165, 1.54) is 0 Å². The summed E-state index contributed by atoms with van der Waals surface area (Å²) in [5, 5.41) is 1.34. The maximum absolute atomic E-state index is 12.9. The number of sulfonamides is 1. The smallest absolute Gasteiger partial charge is 0.240 e. The number of anilines is 1. The third-order valence-electron chi connectivity index (χ3n) is 6.12. The molecule has 0 aromatic heterocycles. The van der Waals surface area contributed by atoms with Gasteiger partial charge in [-0.15, -0.1) is 0 Å². The molecular formula is C25H27Cl2N3O2S. The average Bonchev–Trinajstić information content (AvgIpc) is 2.80. The van der Waals surface area contributed by atoms with Crippen LogP contribution in [-0.2, 0) is 10.0 Å². The van der Waals surface area contributed by atoms with Crippen LogP contribution >= 0.6 is 23.2 Å². The van der Waals surface area contributed by atoms with Gasteiger partial charge in [-0.2, -0.15) is 0 Å². The van der Waals surface area contributed by atoms with Crippen LogP contribution in [-0.4, -0.2) is 46.0 Å². The van der Waals surface area contributed by atoms with Crippen molar-refractivity contribution in [3.05, 3.63) is 94.0 Å². The highest BCUT2D eigenvalue weighted by molar-refractivity contribution is 7.89. The molecule has 0 radical (unpaired) electrons. The van der Waals surface area contributed by atoms with E-state index in [2.05, 4.69) is 14.5 Å². The molecule has 0 amide bonds. The number of rotatable bonds is 6. The Labute approximate surface area is 206 Å². The fourth-order valence-electron chi connectivity index (χ4n) is 4.34. The summed E-state index contributed by atoms with van der Waals surface area (Å²) in [6.45, 7) is 3.79. The lowest BCUT2D eigenvalue weighted by Gasteiger charge is -2.48. The lowest BCUT2D eigenvalue weighted by Crippen LogP contribution is -2.57. The van der Waals surface area contributed by atoms with Crippen molar-refractivity contribution in [2.75, 3.05) is 31.6 Å². The summed E-state index contributed by atoms with van der Waals surface area (Å²) in [6.07, 6.45) is 0. The van der Waals surface area contributed by atoms with Gasteiger partial charge in [0.15, 0.2) is 0 Å². The molecule has 0 saturated carbocycles. The summed E-state index contributed by atoms with van der Waals surface area (Å²) in [4.78, 5) is 4.72. The van der Waals surface area contributed by atoms with Gasteiger partial charge in [-0.05, 0) is 61.5 Å². The molecule has 1 aliphatic rings. The zero-order valence-electron chi connectivity index (χ0n) is 18.6. The molecule has 0 spiro atoms. The van der Waals surface area contributed by atoms with Gasteiger partial charge >= 0.3 is 0 Å². The second-order valence-electron chi connectivity index (χ2n) is 8.36. The first kappa shape index (κ1) is 24.0. The number of likely N-dealkylation sites (N-methyl/N-ethyl adjacent to an activating group) is 1. The van der Waals surface area contributed by atoms with Gasteiger partial charge in [0.05, 0.1) is 21.6 Å². The highest BCUT2D eigenvalue weighted by Crippen LogP contribution is 2.38. The van der Waals surface area contributed by atoms with Crippen molar-refractivity contribution in [3.8, 4) is 0 Å². The third-order valence-corrected chi connectivity index (χ3v) is 8.11. The van der Waals surface area contributed by atoms with E-state index in [4.69, 9.17) is 23.2 Å². The Morgan fingerprint density at radius 1 is 0.970 bits per heavy atom. The van der Waals surface area contributed by atoms with Crippen LogP contribution in [0.2, 0.25) is 10.0 Å². The second-order valence-corrected chi connectivity index (χ2v) is 11.0. The molecule has 1 aliphatic heterocycles. The first-order chi connectivity index (χ1) is 15.8. The maximum atomic E-state index is 12.9. The molecule has 1 N–H and O–H groups in total. The molecule has 4 rings (SSSR count). The highest BCUT2D eigenvalue weighted by atomic mass is 35.5. The number of benzene rings is 3. The molecule has 174 valence electrons. The fourth-order valence-corrected chi connectivity index (χ4v) is 5.88. The molecule has 1 saturated heterocycles. The lowest BCUT2D eigenvalue weighted by molar-refractivity contribution is 0.176. The molecule has 33 heavy (non-hydrogen) atoms. The van der Waals surface area contributed by atoms with E-state index in [1.807, 2.05) is 56.4 Å². The number of aryl methyl sites for hydroxylation is 1. The fraction of sp³-hybridized carbons (Fsp3) is 0.280. The van der Waals surface area contributed by atoms with E-state index in [0.29, 0.717) is 10.0 Å². The van der Waals surface area contributed by atoms with E-state index in [1.54, 1.807) is 30.3 Å². The van der Waals surface area contributed by atoms with E-state index in [9.17, 15) is 8.42 Å².